The zero-order valence-corrected chi connectivity index (χ0v) is 11.0. The molecule has 2 rings (SSSR count). The summed E-state index contributed by atoms with van der Waals surface area (Å²) in [6.45, 7) is 1.86. The molecule has 0 saturated heterocycles. The van der Waals surface area contributed by atoms with Gasteiger partial charge in [0.05, 0.1) is 7.11 Å². The molecule has 0 aromatic heterocycles. The minimum atomic E-state index is 0.361. The molecule has 1 aliphatic rings. The van der Waals surface area contributed by atoms with E-state index in [1.807, 2.05) is 18.2 Å². The zero-order chi connectivity index (χ0) is 12.1. The van der Waals surface area contributed by atoms with E-state index >= 15 is 0 Å². The fourth-order valence-electron chi connectivity index (χ4n) is 2.46. The van der Waals surface area contributed by atoms with Gasteiger partial charge in [0, 0.05) is 17.5 Å². The first kappa shape index (κ1) is 12.7. The molecule has 2 nitrogen and oxygen atoms in total. The number of methoxy groups -OCH3 is 1. The lowest BCUT2D eigenvalue weighted by Crippen LogP contribution is -2.25. The molecular formula is C14H20ClNO. The van der Waals surface area contributed by atoms with Crippen LogP contribution < -0.4 is 10.1 Å². The predicted octanol–water partition coefficient (Wildman–Crippen LogP) is 3.19. The first-order valence-corrected chi connectivity index (χ1v) is 6.71. The van der Waals surface area contributed by atoms with Crippen LogP contribution in [0.1, 0.15) is 24.8 Å². The first-order chi connectivity index (χ1) is 8.31. The molecule has 3 heteroatoms. The second-order valence-corrected chi connectivity index (χ2v) is 5.21. The topological polar surface area (TPSA) is 21.3 Å². The van der Waals surface area contributed by atoms with E-state index in [2.05, 4.69) is 11.4 Å². The summed E-state index contributed by atoms with van der Waals surface area (Å²) in [5.74, 6) is 1.58. The smallest absolute Gasteiger partial charge is 0.123 e. The highest BCUT2D eigenvalue weighted by molar-refractivity contribution is 6.20. The molecule has 1 aromatic carbocycles. The van der Waals surface area contributed by atoms with Crippen LogP contribution in [0.2, 0.25) is 0 Å². The SMILES string of the molecule is COc1ccccc1CNCC1CCCC1Cl. The molecule has 1 fully saturated rings. The molecule has 1 aromatic rings. The average molecular weight is 254 g/mol. The molecular weight excluding hydrogens is 234 g/mol. The van der Waals surface area contributed by atoms with Gasteiger partial charge in [-0.05, 0) is 31.4 Å². The van der Waals surface area contributed by atoms with Gasteiger partial charge in [0.2, 0.25) is 0 Å². The third-order valence-electron chi connectivity index (χ3n) is 3.48. The summed E-state index contributed by atoms with van der Waals surface area (Å²) < 4.78 is 5.32. The van der Waals surface area contributed by atoms with Crippen molar-refractivity contribution in [2.24, 2.45) is 5.92 Å². The maximum absolute atomic E-state index is 6.25. The van der Waals surface area contributed by atoms with E-state index in [9.17, 15) is 0 Å². The Morgan fingerprint density at radius 1 is 1.35 bits per heavy atom. The summed E-state index contributed by atoms with van der Waals surface area (Å²) in [5, 5.41) is 3.85. The Bertz CT molecular complexity index is 356. The number of benzene rings is 1. The summed E-state index contributed by atoms with van der Waals surface area (Å²) in [5.41, 5.74) is 1.21. The van der Waals surface area contributed by atoms with E-state index in [4.69, 9.17) is 16.3 Å². The second-order valence-electron chi connectivity index (χ2n) is 4.65. The van der Waals surface area contributed by atoms with Crippen LogP contribution in [-0.2, 0) is 6.54 Å². The molecule has 1 saturated carbocycles. The summed E-state index contributed by atoms with van der Waals surface area (Å²) in [7, 11) is 1.71. The normalized spacial score (nSPS) is 23.9. The van der Waals surface area contributed by atoms with Crippen molar-refractivity contribution in [3.8, 4) is 5.75 Å². The van der Waals surface area contributed by atoms with Crippen molar-refractivity contribution in [3.63, 3.8) is 0 Å². The van der Waals surface area contributed by atoms with E-state index in [1.54, 1.807) is 7.11 Å². The molecule has 0 radical (unpaired) electrons. The summed E-state index contributed by atoms with van der Waals surface area (Å²) in [6, 6.07) is 8.13. The maximum atomic E-state index is 6.25. The van der Waals surface area contributed by atoms with Crippen LogP contribution in [-0.4, -0.2) is 19.0 Å². The summed E-state index contributed by atoms with van der Waals surface area (Å²) >= 11 is 6.25. The van der Waals surface area contributed by atoms with Crippen molar-refractivity contribution in [1.29, 1.82) is 0 Å². The van der Waals surface area contributed by atoms with Crippen LogP contribution in [0.25, 0.3) is 0 Å². The molecule has 1 N–H and O–H groups in total. The number of para-hydroxylation sites is 1. The fourth-order valence-corrected chi connectivity index (χ4v) is 2.83. The highest BCUT2D eigenvalue weighted by Crippen LogP contribution is 2.29. The van der Waals surface area contributed by atoms with E-state index in [1.165, 1.54) is 24.8 Å². The third kappa shape index (κ3) is 3.36. The number of hydrogen-bond donors (Lipinski definition) is 1. The number of hydrogen-bond acceptors (Lipinski definition) is 2. The van der Waals surface area contributed by atoms with Crippen molar-refractivity contribution in [2.75, 3.05) is 13.7 Å². The predicted molar refractivity (Wildman–Crippen MR) is 71.7 cm³/mol. The minimum Gasteiger partial charge on any atom is -0.496 e. The number of ether oxygens (including phenoxy) is 1. The van der Waals surface area contributed by atoms with E-state index < -0.39 is 0 Å². The monoisotopic (exact) mass is 253 g/mol. The Balaban J connectivity index is 1.81. The van der Waals surface area contributed by atoms with Crippen molar-refractivity contribution in [3.05, 3.63) is 29.8 Å². The fraction of sp³-hybridized carbons (Fsp3) is 0.571. The molecule has 17 heavy (non-hydrogen) atoms. The Morgan fingerprint density at radius 2 is 2.18 bits per heavy atom. The van der Waals surface area contributed by atoms with E-state index in [-0.39, 0.29) is 0 Å². The number of alkyl halides is 1. The van der Waals surface area contributed by atoms with Gasteiger partial charge in [0.15, 0.2) is 0 Å². The highest BCUT2D eigenvalue weighted by atomic mass is 35.5. The maximum Gasteiger partial charge on any atom is 0.123 e. The molecule has 0 aliphatic heterocycles. The molecule has 0 bridgehead atoms. The van der Waals surface area contributed by atoms with Gasteiger partial charge in [0.25, 0.3) is 0 Å². The van der Waals surface area contributed by atoms with Crippen LogP contribution in [0.5, 0.6) is 5.75 Å². The lowest BCUT2D eigenvalue weighted by atomic mass is 10.1. The van der Waals surface area contributed by atoms with Gasteiger partial charge in [-0.1, -0.05) is 24.6 Å². The molecule has 0 spiro atoms. The zero-order valence-electron chi connectivity index (χ0n) is 10.3. The third-order valence-corrected chi connectivity index (χ3v) is 4.06. The second kappa shape index (κ2) is 6.27. The minimum absolute atomic E-state index is 0.361. The Hall–Kier alpha value is -0.730. The Kier molecular flexibility index (Phi) is 4.69. The number of halogens is 1. The van der Waals surface area contributed by atoms with Crippen LogP contribution in [0, 0.1) is 5.92 Å². The molecule has 1 aliphatic carbocycles. The van der Waals surface area contributed by atoms with Crippen molar-refractivity contribution in [1.82, 2.24) is 5.32 Å². The summed E-state index contributed by atoms with van der Waals surface area (Å²) in [6.07, 6.45) is 3.70. The Labute approximate surface area is 108 Å². The van der Waals surface area contributed by atoms with Crippen molar-refractivity contribution < 1.29 is 4.74 Å². The van der Waals surface area contributed by atoms with Gasteiger partial charge in [-0.25, -0.2) is 0 Å². The summed E-state index contributed by atoms with van der Waals surface area (Å²) in [4.78, 5) is 0. The van der Waals surface area contributed by atoms with Gasteiger partial charge >= 0.3 is 0 Å². The molecule has 94 valence electrons. The van der Waals surface area contributed by atoms with Crippen LogP contribution in [0.15, 0.2) is 24.3 Å². The molecule has 2 atom stereocenters. The highest BCUT2D eigenvalue weighted by Gasteiger charge is 2.24. The first-order valence-electron chi connectivity index (χ1n) is 6.28. The molecule has 2 unspecified atom stereocenters. The van der Waals surface area contributed by atoms with Gasteiger partial charge in [-0.15, -0.1) is 11.6 Å². The van der Waals surface area contributed by atoms with Crippen molar-refractivity contribution in [2.45, 2.75) is 31.2 Å². The lowest BCUT2D eigenvalue weighted by molar-refractivity contribution is 0.405. The van der Waals surface area contributed by atoms with Crippen molar-refractivity contribution >= 4 is 11.6 Å². The number of nitrogens with one attached hydrogen (secondary N) is 1. The van der Waals surface area contributed by atoms with Gasteiger partial charge in [-0.3, -0.25) is 0 Å². The molecule has 0 heterocycles. The largest absolute Gasteiger partial charge is 0.496 e. The van der Waals surface area contributed by atoms with Gasteiger partial charge < -0.3 is 10.1 Å². The lowest BCUT2D eigenvalue weighted by Gasteiger charge is -2.15. The Morgan fingerprint density at radius 3 is 2.88 bits per heavy atom. The molecule has 0 amide bonds. The van der Waals surface area contributed by atoms with E-state index in [0.29, 0.717) is 11.3 Å². The standard InChI is InChI=1S/C14H20ClNO/c1-17-14-8-3-2-5-12(14)10-16-9-11-6-4-7-13(11)15/h2-3,5,8,11,13,16H,4,6-7,9-10H2,1H3. The van der Waals surface area contributed by atoms with Gasteiger partial charge in [0.1, 0.15) is 5.75 Å². The van der Waals surface area contributed by atoms with Crippen LogP contribution >= 0.6 is 11.6 Å². The quantitative estimate of drug-likeness (QED) is 0.814. The number of rotatable bonds is 5. The van der Waals surface area contributed by atoms with Crippen LogP contribution in [0.3, 0.4) is 0 Å². The average Bonchev–Trinajstić information content (AvgIpc) is 2.76. The van der Waals surface area contributed by atoms with Crippen LogP contribution in [0.4, 0.5) is 0 Å². The van der Waals surface area contributed by atoms with Gasteiger partial charge in [-0.2, -0.15) is 0 Å². The van der Waals surface area contributed by atoms with E-state index in [0.717, 1.165) is 18.8 Å².